The molecule has 3 heteroatoms. The van der Waals surface area contributed by atoms with Gasteiger partial charge in [0.05, 0.1) is 20.3 Å². The molecule has 1 fully saturated rings. The molecule has 0 aliphatic carbocycles. The molecule has 1 aliphatic heterocycles. The predicted octanol–water partition coefficient (Wildman–Crippen LogP) is 2.86. The molecule has 1 heterocycles. The highest BCUT2D eigenvalue weighted by Crippen LogP contribution is 2.38. The number of hydrogen-bond donors (Lipinski definition) is 0. The lowest BCUT2D eigenvalue weighted by molar-refractivity contribution is -0.202. The number of hydrogen-bond acceptors (Lipinski definition) is 3. The highest BCUT2D eigenvalue weighted by Gasteiger charge is 2.41. The minimum absolute atomic E-state index is 0.0425. The Hall–Kier alpha value is -1.06. The molecular weight excluding hydrogens is 228 g/mol. The van der Waals surface area contributed by atoms with Gasteiger partial charge in [0, 0.05) is 7.11 Å². The van der Waals surface area contributed by atoms with Gasteiger partial charge in [-0.3, -0.25) is 0 Å². The van der Waals surface area contributed by atoms with Crippen molar-refractivity contribution in [2.24, 2.45) is 0 Å². The maximum atomic E-state index is 5.64. The fraction of sp³-hybridized carbons (Fsp3) is 0.600. The van der Waals surface area contributed by atoms with Gasteiger partial charge in [0.15, 0.2) is 0 Å². The van der Waals surface area contributed by atoms with E-state index in [2.05, 4.69) is 32.9 Å². The van der Waals surface area contributed by atoms with Gasteiger partial charge in [0.2, 0.25) is 0 Å². The Bertz CT molecular complexity index is 422. The Kier molecular flexibility index (Phi) is 3.39. The van der Waals surface area contributed by atoms with Crippen LogP contribution in [0.2, 0.25) is 0 Å². The van der Waals surface area contributed by atoms with Crippen LogP contribution in [0.4, 0.5) is 0 Å². The Morgan fingerprint density at radius 3 is 2.22 bits per heavy atom. The Morgan fingerprint density at radius 1 is 1.17 bits per heavy atom. The summed E-state index contributed by atoms with van der Waals surface area (Å²) >= 11 is 0. The lowest BCUT2D eigenvalue weighted by atomic mass is 9.82. The van der Waals surface area contributed by atoms with Crippen molar-refractivity contribution in [2.75, 3.05) is 27.4 Å². The Morgan fingerprint density at radius 2 is 1.83 bits per heavy atom. The van der Waals surface area contributed by atoms with E-state index < -0.39 is 0 Å². The minimum atomic E-state index is -0.272. The van der Waals surface area contributed by atoms with Gasteiger partial charge < -0.3 is 14.2 Å². The first-order valence-corrected chi connectivity index (χ1v) is 6.25. The zero-order valence-corrected chi connectivity index (χ0v) is 11.9. The van der Waals surface area contributed by atoms with E-state index in [0.29, 0.717) is 13.2 Å². The van der Waals surface area contributed by atoms with Crippen molar-refractivity contribution in [1.29, 1.82) is 0 Å². The molecule has 0 N–H and O–H groups in total. The van der Waals surface area contributed by atoms with Gasteiger partial charge in [-0.05, 0) is 28.7 Å². The number of ether oxygens (including phenoxy) is 3. The molecule has 0 spiro atoms. The van der Waals surface area contributed by atoms with Crippen LogP contribution in [-0.2, 0) is 20.5 Å². The van der Waals surface area contributed by atoms with Crippen LogP contribution in [0.3, 0.4) is 0 Å². The van der Waals surface area contributed by atoms with Crippen LogP contribution in [0.25, 0.3) is 0 Å². The van der Waals surface area contributed by atoms with Crippen LogP contribution in [0.5, 0.6) is 5.75 Å². The number of benzene rings is 1. The Balaban J connectivity index is 2.46. The molecule has 0 radical (unpaired) electrons. The van der Waals surface area contributed by atoms with Gasteiger partial charge in [0.1, 0.15) is 11.4 Å². The minimum Gasteiger partial charge on any atom is -0.496 e. The standard InChI is InChI=1S/C15H22O3/c1-14(2,3)12-8-11(6-7-13(12)16-4)15(17-5)9-18-10-15/h6-8H,9-10H2,1-5H3. The molecule has 1 aliphatic rings. The van der Waals surface area contributed by atoms with Gasteiger partial charge in [-0.2, -0.15) is 0 Å². The molecule has 3 nitrogen and oxygen atoms in total. The van der Waals surface area contributed by atoms with Crippen molar-refractivity contribution in [2.45, 2.75) is 31.8 Å². The average Bonchev–Trinajstić information content (AvgIpc) is 2.27. The Labute approximate surface area is 109 Å². The largest absolute Gasteiger partial charge is 0.496 e. The first-order chi connectivity index (χ1) is 8.43. The van der Waals surface area contributed by atoms with Gasteiger partial charge in [-0.1, -0.05) is 26.8 Å². The second-order valence-electron chi connectivity index (χ2n) is 5.86. The smallest absolute Gasteiger partial charge is 0.139 e. The van der Waals surface area contributed by atoms with E-state index in [1.807, 2.05) is 6.07 Å². The summed E-state index contributed by atoms with van der Waals surface area (Å²) in [5, 5.41) is 0. The van der Waals surface area contributed by atoms with Crippen molar-refractivity contribution in [3.8, 4) is 5.75 Å². The van der Waals surface area contributed by atoms with Crippen LogP contribution < -0.4 is 4.74 Å². The number of methoxy groups -OCH3 is 2. The van der Waals surface area contributed by atoms with E-state index in [1.54, 1.807) is 14.2 Å². The van der Waals surface area contributed by atoms with Crippen molar-refractivity contribution in [3.05, 3.63) is 29.3 Å². The molecule has 0 amide bonds. The van der Waals surface area contributed by atoms with Crippen molar-refractivity contribution in [1.82, 2.24) is 0 Å². The van der Waals surface area contributed by atoms with E-state index in [1.165, 1.54) is 11.1 Å². The van der Waals surface area contributed by atoms with Gasteiger partial charge in [0.25, 0.3) is 0 Å². The van der Waals surface area contributed by atoms with Crippen LogP contribution in [-0.4, -0.2) is 27.4 Å². The third kappa shape index (κ3) is 2.13. The second kappa shape index (κ2) is 4.56. The summed E-state index contributed by atoms with van der Waals surface area (Å²) in [7, 11) is 3.45. The maximum Gasteiger partial charge on any atom is 0.139 e. The maximum absolute atomic E-state index is 5.64. The summed E-state index contributed by atoms with van der Waals surface area (Å²) in [6.45, 7) is 7.81. The van der Waals surface area contributed by atoms with E-state index in [9.17, 15) is 0 Å². The summed E-state index contributed by atoms with van der Waals surface area (Å²) in [4.78, 5) is 0. The SMILES string of the molecule is COc1ccc(C2(OC)COC2)cc1C(C)(C)C. The van der Waals surface area contributed by atoms with Crippen LogP contribution in [0.1, 0.15) is 31.9 Å². The fourth-order valence-corrected chi connectivity index (χ4v) is 2.27. The molecular formula is C15H22O3. The normalized spacial score (nSPS) is 18.3. The monoisotopic (exact) mass is 250 g/mol. The molecule has 1 aromatic rings. The molecule has 1 aromatic carbocycles. The lowest BCUT2D eigenvalue weighted by Gasteiger charge is -2.41. The van der Waals surface area contributed by atoms with E-state index in [4.69, 9.17) is 14.2 Å². The van der Waals surface area contributed by atoms with Crippen molar-refractivity contribution < 1.29 is 14.2 Å². The third-order valence-corrected chi connectivity index (χ3v) is 3.59. The highest BCUT2D eigenvalue weighted by molar-refractivity contribution is 5.44. The molecule has 0 unspecified atom stereocenters. The van der Waals surface area contributed by atoms with Crippen molar-refractivity contribution >= 4 is 0 Å². The van der Waals surface area contributed by atoms with Crippen LogP contribution in [0, 0.1) is 0 Å². The molecule has 0 saturated carbocycles. The summed E-state index contributed by atoms with van der Waals surface area (Å²) in [5.74, 6) is 0.928. The molecule has 0 aromatic heterocycles. The quantitative estimate of drug-likeness (QED) is 0.825. The summed E-state index contributed by atoms with van der Waals surface area (Å²) < 4.78 is 16.4. The van der Waals surface area contributed by atoms with Gasteiger partial charge >= 0.3 is 0 Å². The summed E-state index contributed by atoms with van der Waals surface area (Å²) in [6.07, 6.45) is 0. The average molecular weight is 250 g/mol. The molecule has 1 saturated heterocycles. The third-order valence-electron chi connectivity index (χ3n) is 3.59. The van der Waals surface area contributed by atoms with E-state index in [-0.39, 0.29) is 11.0 Å². The predicted molar refractivity (Wildman–Crippen MR) is 71.2 cm³/mol. The zero-order chi connectivity index (χ0) is 13.4. The van der Waals surface area contributed by atoms with Gasteiger partial charge in [-0.25, -0.2) is 0 Å². The topological polar surface area (TPSA) is 27.7 Å². The van der Waals surface area contributed by atoms with Crippen molar-refractivity contribution in [3.63, 3.8) is 0 Å². The van der Waals surface area contributed by atoms with E-state index in [0.717, 1.165) is 5.75 Å². The summed E-state index contributed by atoms with van der Waals surface area (Å²) in [5.41, 5.74) is 2.14. The fourth-order valence-electron chi connectivity index (χ4n) is 2.27. The van der Waals surface area contributed by atoms with Crippen LogP contribution in [0.15, 0.2) is 18.2 Å². The zero-order valence-electron chi connectivity index (χ0n) is 11.9. The molecule has 0 bridgehead atoms. The first-order valence-electron chi connectivity index (χ1n) is 6.25. The second-order valence-corrected chi connectivity index (χ2v) is 5.86. The molecule has 0 atom stereocenters. The highest BCUT2D eigenvalue weighted by atomic mass is 16.6. The summed E-state index contributed by atoms with van der Waals surface area (Å²) in [6, 6.07) is 6.28. The molecule has 2 rings (SSSR count). The lowest BCUT2D eigenvalue weighted by Crippen LogP contribution is -2.48. The van der Waals surface area contributed by atoms with E-state index >= 15 is 0 Å². The number of rotatable bonds is 3. The first kappa shape index (κ1) is 13.4. The van der Waals surface area contributed by atoms with Gasteiger partial charge in [-0.15, -0.1) is 0 Å². The molecule has 18 heavy (non-hydrogen) atoms. The van der Waals surface area contributed by atoms with Crippen LogP contribution >= 0.6 is 0 Å². The molecule has 100 valence electrons.